The van der Waals surface area contributed by atoms with E-state index in [1.54, 1.807) is 14.2 Å². The second kappa shape index (κ2) is 9.62. The number of anilines is 2. The van der Waals surface area contributed by atoms with Crippen LogP contribution in [0.2, 0.25) is 0 Å². The van der Waals surface area contributed by atoms with E-state index in [0.29, 0.717) is 30.5 Å². The van der Waals surface area contributed by atoms with E-state index in [1.807, 2.05) is 36.4 Å². The van der Waals surface area contributed by atoms with E-state index in [9.17, 15) is 0 Å². The molecule has 0 fully saturated rings. The molecule has 0 aliphatic heterocycles. The van der Waals surface area contributed by atoms with Crippen LogP contribution in [-0.4, -0.2) is 37.4 Å². The highest BCUT2D eigenvalue weighted by molar-refractivity contribution is 5.93. The first-order valence-corrected chi connectivity index (χ1v) is 8.03. The molecule has 0 radical (unpaired) electrons. The van der Waals surface area contributed by atoms with Gasteiger partial charge in [0.05, 0.1) is 19.2 Å². The van der Waals surface area contributed by atoms with Gasteiger partial charge in [0.2, 0.25) is 0 Å². The van der Waals surface area contributed by atoms with Crippen LogP contribution < -0.4 is 14.8 Å². The molecule has 1 aromatic heterocycles. The summed E-state index contributed by atoms with van der Waals surface area (Å²) in [6.45, 7) is 0.913. The van der Waals surface area contributed by atoms with Crippen molar-refractivity contribution in [2.75, 3.05) is 32.8 Å². The van der Waals surface area contributed by atoms with Crippen LogP contribution in [0.15, 0.2) is 42.7 Å². The molecule has 0 aliphatic carbocycles. The first-order valence-electron chi connectivity index (χ1n) is 8.03. The summed E-state index contributed by atoms with van der Waals surface area (Å²) in [6.07, 6.45) is 6.97. The summed E-state index contributed by atoms with van der Waals surface area (Å²) < 4.78 is 16.2. The summed E-state index contributed by atoms with van der Waals surface area (Å²) >= 11 is 0. The summed E-state index contributed by atoms with van der Waals surface area (Å²) in [6, 6.07) is 11.3. The SMILES string of the molecule is C#Cc1cccc(Nc2ncnc3cc(OCCOC)c(OC)cc23)c1.Cl. The first-order chi connectivity index (χ1) is 12.7. The Balaban J connectivity index is 0.00000261. The van der Waals surface area contributed by atoms with Gasteiger partial charge in [0.15, 0.2) is 11.5 Å². The van der Waals surface area contributed by atoms with Gasteiger partial charge in [-0.15, -0.1) is 18.8 Å². The highest BCUT2D eigenvalue weighted by atomic mass is 35.5. The van der Waals surface area contributed by atoms with E-state index in [0.717, 1.165) is 22.2 Å². The highest BCUT2D eigenvalue weighted by Gasteiger charge is 2.12. The van der Waals surface area contributed by atoms with Gasteiger partial charge in [0.1, 0.15) is 18.8 Å². The predicted octanol–water partition coefficient (Wildman–Crippen LogP) is 3.81. The molecule has 140 valence electrons. The Hall–Kier alpha value is -3.01. The molecule has 0 aliphatic rings. The topological polar surface area (TPSA) is 65.5 Å². The van der Waals surface area contributed by atoms with Crippen molar-refractivity contribution in [3.8, 4) is 23.8 Å². The van der Waals surface area contributed by atoms with Crippen molar-refractivity contribution in [3.05, 3.63) is 48.3 Å². The predicted molar refractivity (Wildman–Crippen MR) is 108 cm³/mol. The molecule has 27 heavy (non-hydrogen) atoms. The van der Waals surface area contributed by atoms with Crippen molar-refractivity contribution in [1.82, 2.24) is 9.97 Å². The van der Waals surface area contributed by atoms with Gasteiger partial charge in [0.25, 0.3) is 0 Å². The highest BCUT2D eigenvalue weighted by Crippen LogP contribution is 2.34. The van der Waals surface area contributed by atoms with Gasteiger partial charge in [-0.1, -0.05) is 12.0 Å². The van der Waals surface area contributed by atoms with Crippen LogP contribution in [0.1, 0.15) is 5.56 Å². The quantitative estimate of drug-likeness (QED) is 0.493. The Morgan fingerprint density at radius 3 is 2.67 bits per heavy atom. The largest absolute Gasteiger partial charge is 0.493 e. The molecule has 3 aromatic rings. The number of methoxy groups -OCH3 is 2. The molecule has 0 spiro atoms. The second-order valence-electron chi connectivity index (χ2n) is 5.43. The van der Waals surface area contributed by atoms with Crippen molar-refractivity contribution in [2.45, 2.75) is 0 Å². The normalized spacial score (nSPS) is 9.96. The third kappa shape index (κ3) is 4.79. The number of fused-ring (bicyclic) bond motifs is 1. The van der Waals surface area contributed by atoms with Crippen molar-refractivity contribution in [2.24, 2.45) is 0 Å². The molecule has 7 heteroatoms. The van der Waals surface area contributed by atoms with Crippen LogP contribution in [0.5, 0.6) is 11.5 Å². The number of hydrogen-bond acceptors (Lipinski definition) is 6. The average molecular weight is 386 g/mol. The molecule has 0 saturated carbocycles. The number of rotatable bonds is 7. The van der Waals surface area contributed by atoms with E-state index in [2.05, 4.69) is 21.2 Å². The van der Waals surface area contributed by atoms with E-state index in [4.69, 9.17) is 20.6 Å². The molecule has 0 amide bonds. The van der Waals surface area contributed by atoms with Crippen molar-refractivity contribution in [3.63, 3.8) is 0 Å². The lowest BCUT2D eigenvalue weighted by Crippen LogP contribution is -2.05. The molecule has 1 heterocycles. The number of nitrogens with zero attached hydrogens (tertiary/aromatic N) is 2. The lowest BCUT2D eigenvalue weighted by molar-refractivity contribution is 0.144. The minimum atomic E-state index is 0. The Kier molecular flexibility index (Phi) is 7.24. The number of terminal acetylenes is 1. The van der Waals surface area contributed by atoms with Gasteiger partial charge < -0.3 is 19.5 Å². The summed E-state index contributed by atoms with van der Waals surface area (Å²) in [4.78, 5) is 8.68. The zero-order valence-corrected chi connectivity index (χ0v) is 15.9. The lowest BCUT2D eigenvalue weighted by atomic mass is 10.2. The molecule has 0 atom stereocenters. The monoisotopic (exact) mass is 385 g/mol. The standard InChI is InChI=1S/C20H19N3O3.ClH/c1-4-14-6-5-7-15(10-14)23-20-16-11-18(25-3)19(26-9-8-24-2)12-17(16)21-13-22-20;/h1,5-7,10-13H,8-9H2,2-3H3,(H,21,22,23);1H. The van der Waals surface area contributed by atoms with E-state index >= 15 is 0 Å². The Morgan fingerprint density at radius 2 is 1.93 bits per heavy atom. The van der Waals surface area contributed by atoms with Crippen LogP contribution in [-0.2, 0) is 4.74 Å². The first kappa shape index (κ1) is 20.3. The van der Waals surface area contributed by atoms with Gasteiger partial charge >= 0.3 is 0 Å². The molecular formula is C20H20ClN3O3. The number of benzene rings is 2. The molecule has 6 nitrogen and oxygen atoms in total. The Labute approximate surface area is 164 Å². The number of hydrogen-bond donors (Lipinski definition) is 1. The summed E-state index contributed by atoms with van der Waals surface area (Å²) in [5.41, 5.74) is 2.38. The van der Waals surface area contributed by atoms with Gasteiger partial charge in [-0.05, 0) is 24.3 Å². The molecule has 0 unspecified atom stereocenters. The minimum absolute atomic E-state index is 0. The second-order valence-corrected chi connectivity index (χ2v) is 5.43. The van der Waals surface area contributed by atoms with E-state index in [1.165, 1.54) is 6.33 Å². The maximum Gasteiger partial charge on any atom is 0.163 e. The zero-order chi connectivity index (χ0) is 18.4. The van der Waals surface area contributed by atoms with Gasteiger partial charge in [0, 0.05) is 29.8 Å². The minimum Gasteiger partial charge on any atom is -0.493 e. The lowest BCUT2D eigenvalue weighted by Gasteiger charge is -2.13. The number of nitrogens with one attached hydrogen (secondary N) is 1. The van der Waals surface area contributed by atoms with Crippen LogP contribution in [0.25, 0.3) is 10.9 Å². The third-order valence-corrected chi connectivity index (χ3v) is 3.76. The van der Waals surface area contributed by atoms with Gasteiger partial charge in [-0.25, -0.2) is 9.97 Å². The zero-order valence-electron chi connectivity index (χ0n) is 15.1. The fraction of sp³-hybridized carbons (Fsp3) is 0.200. The molecule has 1 N–H and O–H groups in total. The van der Waals surface area contributed by atoms with E-state index < -0.39 is 0 Å². The van der Waals surface area contributed by atoms with Crippen molar-refractivity contribution >= 4 is 34.8 Å². The number of ether oxygens (including phenoxy) is 3. The summed E-state index contributed by atoms with van der Waals surface area (Å²) in [5, 5.41) is 4.10. The Morgan fingerprint density at radius 1 is 1.07 bits per heavy atom. The fourth-order valence-corrected chi connectivity index (χ4v) is 2.49. The average Bonchev–Trinajstić information content (AvgIpc) is 2.68. The van der Waals surface area contributed by atoms with E-state index in [-0.39, 0.29) is 12.4 Å². The number of halogens is 1. The molecule has 0 bridgehead atoms. The molecule has 0 saturated heterocycles. The molecule has 3 rings (SSSR count). The van der Waals surface area contributed by atoms with Crippen molar-refractivity contribution < 1.29 is 14.2 Å². The third-order valence-electron chi connectivity index (χ3n) is 3.76. The van der Waals surface area contributed by atoms with Gasteiger partial charge in [-0.3, -0.25) is 0 Å². The summed E-state index contributed by atoms with van der Waals surface area (Å²) in [5.74, 6) is 4.49. The van der Waals surface area contributed by atoms with Crippen LogP contribution >= 0.6 is 12.4 Å². The van der Waals surface area contributed by atoms with Crippen LogP contribution in [0.4, 0.5) is 11.5 Å². The van der Waals surface area contributed by atoms with Crippen molar-refractivity contribution in [1.29, 1.82) is 0 Å². The summed E-state index contributed by atoms with van der Waals surface area (Å²) in [7, 11) is 3.22. The Bertz CT molecular complexity index is 957. The maximum absolute atomic E-state index is 5.71. The van der Waals surface area contributed by atoms with Crippen LogP contribution in [0, 0.1) is 12.3 Å². The smallest absolute Gasteiger partial charge is 0.163 e. The maximum atomic E-state index is 5.71. The van der Waals surface area contributed by atoms with Gasteiger partial charge in [-0.2, -0.15) is 0 Å². The molecule has 2 aromatic carbocycles. The number of aromatic nitrogens is 2. The molecular weight excluding hydrogens is 366 g/mol. The van der Waals surface area contributed by atoms with Crippen LogP contribution in [0.3, 0.4) is 0 Å². The fourth-order valence-electron chi connectivity index (χ4n) is 2.49.